The Morgan fingerprint density at radius 2 is 1.53 bits per heavy atom. The number of nitro benzene ring substituents is 1. The predicted octanol–water partition coefficient (Wildman–Crippen LogP) is 4.16. The van der Waals surface area contributed by atoms with Crippen molar-refractivity contribution in [2.24, 2.45) is 0 Å². The average Bonchev–Trinajstić information content (AvgIpc) is 2.83. The summed E-state index contributed by atoms with van der Waals surface area (Å²) in [5, 5.41) is 20.6. The molecule has 0 atom stereocenters. The van der Waals surface area contributed by atoms with Gasteiger partial charge in [0.1, 0.15) is 11.5 Å². The van der Waals surface area contributed by atoms with Crippen LogP contribution in [0.25, 0.3) is 0 Å². The molecule has 0 saturated carbocycles. The summed E-state index contributed by atoms with van der Waals surface area (Å²) < 4.78 is 14.3. The van der Waals surface area contributed by atoms with Gasteiger partial charge in [0.2, 0.25) is 0 Å². The fraction of sp³-hybridized carbons (Fsp3) is 0.167. The molecule has 1 fully saturated rings. The molecule has 1 aliphatic rings. The Bertz CT molecular complexity index is 1220. The van der Waals surface area contributed by atoms with Crippen molar-refractivity contribution in [3.63, 3.8) is 0 Å². The van der Waals surface area contributed by atoms with Crippen LogP contribution < -0.4 is 9.80 Å². The summed E-state index contributed by atoms with van der Waals surface area (Å²) >= 11 is 0. The summed E-state index contributed by atoms with van der Waals surface area (Å²) in [7, 11) is 0. The van der Waals surface area contributed by atoms with Crippen molar-refractivity contribution < 1.29 is 14.1 Å². The van der Waals surface area contributed by atoms with E-state index in [0.29, 0.717) is 43.1 Å². The van der Waals surface area contributed by atoms with Crippen molar-refractivity contribution >= 4 is 22.8 Å². The zero-order valence-electron chi connectivity index (χ0n) is 17.1. The van der Waals surface area contributed by atoms with E-state index in [4.69, 9.17) is 5.26 Å². The number of halogens is 1. The maximum absolute atomic E-state index is 14.3. The van der Waals surface area contributed by atoms with Crippen LogP contribution in [-0.4, -0.2) is 36.9 Å². The van der Waals surface area contributed by atoms with E-state index >= 15 is 0 Å². The van der Waals surface area contributed by atoms with E-state index in [0.717, 1.165) is 0 Å². The summed E-state index contributed by atoms with van der Waals surface area (Å²) in [6.07, 6.45) is 0. The first-order valence-corrected chi connectivity index (χ1v) is 10.1. The van der Waals surface area contributed by atoms with E-state index in [2.05, 4.69) is 0 Å². The maximum atomic E-state index is 14.3. The van der Waals surface area contributed by atoms with Crippen molar-refractivity contribution in [1.29, 1.82) is 5.26 Å². The Morgan fingerprint density at radius 1 is 0.906 bits per heavy atom. The van der Waals surface area contributed by atoms with E-state index < -0.39 is 10.7 Å². The molecule has 0 aromatic heterocycles. The molecule has 3 aromatic rings. The SMILES string of the molecule is N#Cc1ccc(N2CCN(c3ccc(C(=O)c4ccccc4)cc3[N+](=O)[O-])CC2)c(F)c1. The molecule has 3 aromatic carbocycles. The van der Waals surface area contributed by atoms with Gasteiger partial charge < -0.3 is 9.80 Å². The number of ketones is 1. The maximum Gasteiger partial charge on any atom is 0.293 e. The van der Waals surface area contributed by atoms with Gasteiger partial charge in [-0.1, -0.05) is 30.3 Å². The van der Waals surface area contributed by atoms with Crippen molar-refractivity contribution in [3.8, 4) is 6.07 Å². The molecule has 1 heterocycles. The Kier molecular flexibility index (Phi) is 5.81. The Labute approximate surface area is 184 Å². The molecule has 0 unspecified atom stereocenters. The molecule has 0 amide bonds. The molecule has 7 nitrogen and oxygen atoms in total. The van der Waals surface area contributed by atoms with Gasteiger partial charge in [0.25, 0.3) is 5.69 Å². The number of carbonyl (C=O) groups excluding carboxylic acids is 1. The van der Waals surface area contributed by atoms with Crippen LogP contribution in [0.5, 0.6) is 0 Å². The number of nitrogens with zero attached hydrogens (tertiary/aromatic N) is 4. The lowest BCUT2D eigenvalue weighted by Gasteiger charge is -2.37. The monoisotopic (exact) mass is 430 g/mol. The molecule has 8 heteroatoms. The number of anilines is 2. The number of piperazine rings is 1. The quantitative estimate of drug-likeness (QED) is 0.343. The third-order valence-electron chi connectivity index (χ3n) is 5.51. The van der Waals surface area contributed by atoms with Gasteiger partial charge >= 0.3 is 0 Å². The van der Waals surface area contributed by atoms with Crippen LogP contribution >= 0.6 is 0 Å². The van der Waals surface area contributed by atoms with Gasteiger partial charge in [0.15, 0.2) is 5.78 Å². The first-order valence-electron chi connectivity index (χ1n) is 10.1. The molecule has 0 N–H and O–H groups in total. The predicted molar refractivity (Wildman–Crippen MR) is 119 cm³/mol. The molecular weight excluding hydrogens is 411 g/mol. The topological polar surface area (TPSA) is 90.5 Å². The summed E-state index contributed by atoms with van der Waals surface area (Å²) in [5.41, 5.74) is 1.68. The van der Waals surface area contributed by atoms with Crippen LogP contribution in [0.2, 0.25) is 0 Å². The smallest absolute Gasteiger partial charge is 0.293 e. The van der Waals surface area contributed by atoms with E-state index in [1.54, 1.807) is 54.6 Å². The zero-order valence-corrected chi connectivity index (χ0v) is 17.1. The van der Waals surface area contributed by atoms with Crippen molar-refractivity contribution in [2.75, 3.05) is 36.0 Å². The van der Waals surface area contributed by atoms with E-state index in [9.17, 15) is 19.3 Å². The second-order valence-corrected chi connectivity index (χ2v) is 7.41. The number of hydrogen-bond donors (Lipinski definition) is 0. The second-order valence-electron chi connectivity index (χ2n) is 7.41. The highest BCUT2D eigenvalue weighted by Gasteiger charge is 2.26. The molecule has 0 spiro atoms. The van der Waals surface area contributed by atoms with Crippen LogP contribution in [0.3, 0.4) is 0 Å². The third-order valence-corrected chi connectivity index (χ3v) is 5.51. The number of nitro groups is 1. The summed E-state index contributed by atoms with van der Waals surface area (Å²) in [6.45, 7) is 1.83. The number of hydrogen-bond acceptors (Lipinski definition) is 6. The first kappa shape index (κ1) is 21.0. The zero-order chi connectivity index (χ0) is 22.7. The fourth-order valence-corrected chi connectivity index (χ4v) is 3.86. The fourth-order valence-electron chi connectivity index (χ4n) is 3.86. The lowest BCUT2D eigenvalue weighted by Crippen LogP contribution is -2.47. The number of carbonyl (C=O) groups is 1. The van der Waals surface area contributed by atoms with Gasteiger partial charge in [-0.2, -0.15) is 5.26 Å². The standard InChI is InChI=1S/C24H19FN4O3/c25-20-14-17(16-26)6-8-21(20)27-10-12-28(13-11-27)22-9-7-19(15-23(22)29(31)32)24(30)18-4-2-1-3-5-18/h1-9,14-15H,10-13H2. The lowest BCUT2D eigenvalue weighted by atomic mass is 10.0. The van der Waals surface area contributed by atoms with Crippen LogP contribution in [0.4, 0.5) is 21.5 Å². The van der Waals surface area contributed by atoms with Crippen molar-refractivity contribution in [2.45, 2.75) is 0 Å². The molecule has 160 valence electrons. The molecule has 0 bridgehead atoms. The van der Waals surface area contributed by atoms with Gasteiger partial charge in [-0.15, -0.1) is 0 Å². The van der Waals surface area contributed by atoms with Crippen LogP contribution in [0.15, 0.2) is 66.7 Å². The minimum atomic E-state index is -0.482. The molecule has 0 radical (unpaired) electrons. The first-order chi connectivity index (χ1) is 15.5. The Hall–Kier alpha value is -4.25. The lowest BCUT2D eigenvalue weighted by molar-refractivity contribution is -0.384. The van der Waals surface area contributed by atoms with Gasteiger partial charge in [-0.25, -0.2) is 4.39 Å². The molecule has 32 heavy (non-hydrogen) atoms. The molecular formula is C24H19FN4O3. The number of nitriles is 1. The van der Waals surface area contributed by atoms with Gasteiger partial charge in [0.05, 0.1) is 22.2 Å². The molecule has 0 aliphatic carbocycles. The van der Waals surface area contributed by atoms with Crippen molar-refractivity contribution in [1.82, 2.24) is 0 Å². The molecule has 4 rings (SSSR count). The highest BCUT2D eigenvalue weighted by molar-refractivity contribution is 6.09. The Morgan fingerprint density at radius 3 is 2.12 bits per heavy atom. The normalized spacial score (nSPS) is 13.5. The van der Waals surface area contributed by atoms with Crippen LogP contribution in [0.1, 0.15) is 21.5 Å². The summed E-state index contributed by atoms with van der Waals surface area (Å²) in [5.74, 6) is -0.742. The second kappa shape index (κ2) is 8.86. The van der Waals surface area contributed by atoms with Crippen LogP contribution in [0, 0.1) is 27.3 Å². The highest BCUT2D eigenvalue weighted by Crippen LogP contribution is 2.32. The van der Waals surface area contributed by atoms with Gasteiger partial charge in [-0.3, -0.25) is 14.9 Å². The van der Waals surface area contributed by atoms with Crippen LogP contribution in [-0.2, 0) is 0 Å². The Balaban J connectivity index is 1.54. The number of benzene rings is 3. The molecule has 1 saturated heterocycles. The summed E-state index contributed by atoms with van der Waals surface area (Å²) in [4.78, 5) is 27.7. The van der Waals surface area contributed by atoms with E-state index in [1.807, 2.05) is 15.9 Å². The van der Waals surface area contributed by atoms with Crippen molar-refractivity contribution in [3.05, 3.63) is 99.4 Å². The number of rotatable bonds is 5. The van der Waals surface area contributed by atoms with Gasteiger partial charge in [-0.05, 0) is 30.3 Å². The van der Waals surface area contributed by atoms with E-state index in [1.165, 1.54) is 12.1 Å². The molecule has 1 aliphatic heterocycles. The average molecular weight is 430 g/mol. The minimum Gasteiger partial charge on any atom is -0.366 e. The summed E-state index contributed by atoms with van der Waals surface area (Å²) in [6, 6.07) is 19.4. The van der Waals surface area contributed by atoms with Gasteiger partial charge in [0, 0.05) is 43.4 Å². The largest absolute Gasteiger partial charge is 0.366 e. The van der Waals surface area contributed by atoms with E-state index in [-0.39, 0.29) is 22.6 Å². The third kappa shape index (κ3) is 4.14. The minimum absolute atomic E-state index is 0.134. The highest BCUT2D eigenvalue weighted by atomic mass is 19.1.